The lowest BCUT2D eigenvalue weighted by molar-refractivity contribution is 0.269. The van der Waals surface area contributed by atoms with Crippen molar-refractivity contribution in [2.75, 3.05) is 12.3 Å². The fourth-order valence-electron chi connectivity index (χ4n) is 4.05. The average Bonchev–Trinajstić information content (AvgIpc) is 2.88. The van der Waals surface area contributed by atoms with Crippen molar-refractivity contribution in [1.82, 2.24) is 4.98 Å². The Balaban J connectivity index is 1.82. The van der Waals surface area contributed by atoms with Crippen molar-refractivity contribution in [3.63, 3.8) is 0 Å². The maximum Gasteiger partial charge on any atom is 0.161 e. The Labute approximate surface area is 204 Å². The third kappa shape index (κ3) is 4.78. The zero-order valence-corrected chi connectivity index (χ0v) is 19.6. The van der Waals surface area contributed by atoms with Crippen molar-refractivity contribution < 1.29 is 9.47 Å². The monoisotopic (exact) mass is 460 g/mol. The first-order valence-electron chi connectivity index (χ1n) is 11.2. The Morgan fingerprint density at radius 3 is 2.29 bits per heavy atom. The number of nitrogens with two attached hydrogens (primary N) is 1. The van der Waals surface area contributed by atoms with Gasteiger partial charge in [-0.05, 0) is 43.2 Å². The molecule has 0 amide bonds. The topological polar surface area (TPSA) is 105 Å². The van der Waals surface area contributed by atoms with E-state index in [-0.39, 0.29) is 12.4 Å². The lowest BCUT2D eigenvalue weighted by atomic mass is 9.90. The van der Waals surface area contributed by atoms with Gasteiger partial charge in [0.15, 0.2) is 11.5 Å². The van der Waals surface area contributed by atoms with Crippen LogP contribution in [0.4, 0.5) is 5.82 Å². The Bertz CT molecular complexity index is 1450. The van der Waals surface area contributed by atoms with Crippen LogP contribution in [0.25, 0.3) is 22.3 Å². The first-order valence-corrected chi connectivity index (χ1v) is 11.2. The Hall–Kier alpha value is -4.81. The number of nitrogen functional groups attached to an aromatic ring is 1. The summed E-state index contributed by atoms with van der Waals surface area (Å²) in [6.07, 6.45) is 0. The minimum absolute atomic E-state index is 0.186. The quantitative estimate of drug-likeness (QED) is 0.361. The predicted octanol–water partition coefficient (Wildman–Crippen LogP) is 6.03. The van der Waals surface area contributed by atoms with Crippen LogP contribution >= 0.6 is 0 Å². The zero-order chi connectivity index (χ0) is 24.8. The highest BCUT2D eigenvalue weighted by Crippen LogP contribution is 2.41. The molecule has 0 saturated carbocycles. The van der Waals surface area contributed by atoms with Gasteiger partial charge in [0.1, 0.15) is 24.1 Å². The molecule has 0 aliphatic rings. The number of nitriles is 2. The van der Waals surface area contributed by atoms with Crippen molar-refractivity contribution in [3.05, 3.63) is 95.2 Å². The van der Waals surface area contributed by atoms with E-state index in [1.807, 2.05) is 80.6 Å². The van der Waals surface area contributed by atoms with Gasteiger partial charge in [-0.3, -0.25) is 0 Å². The van der Waals surface area contributed by atoms with Crippen molar-refractivity contribution in [3.8, 4) is 45.9 Å². The molecule has 4 aromatic rings. The number of ether oxygens (including phenoxy) is 2. The smallest absolute Gasteiger partial charge is 0.161 e. The first kappa shape index (κ1) is 23.4. The molecule has 0 bridgehead atoms. The van der Waals surface area contributed by atoms with Crippen molar-refractivity contribution in [1.29, 1.82) is 10.5 Å². The van der Waals surface area contributed by atoms with Crippen molar-refractivity contribution in [2.45, 2.75) is 20.5 Å². The van der Waals surface area contributed by atoms with Crippen LogP contribution in [-0.2, 0) is 6.61 Å². The van der Waals surface area contributed by atoms with Crippen molar-refractivity contribution >= 4 is 5.82 Å². The van der Waals surface area contributed by atoms with Crippen LogP contribution in [0.1, 0.15) is 29.3 Å². The molecule has 0 fully saturated rings. The molecule has 4 rings (SSSR count). The molecule has 0 radical (unpaired) electrons. The lowest BCUT2D eigenvalue weighted by Gasteiger charge is -2.18. The van der Waals surface area contributed by atoms with E-state index in [9.17, 15) is 10.5 Å². The summed E-state index contributed by atoms with van der Waals surface area (Å²) in [7, 11) is 0. The van der Waals surface area contributed by atoms with Crippen LogP contribution in [0.15, 0.2) is 72.8 Å². The van der Waals surface area contributed by atoms with Gasteiger partial charge >= 0.3 is 0 Å². The molecular weight excluding hydrogens is 436 g/mol. The minimum Gasteiger partial charge on any atom is -0.490 e. The second kappa shape index (κ2) is 10.4. The summed E-state index contributed by atoms with van der Waals surface area (Å²) in [6, 6.07) is 27.1. The highest BCUT2D eigenvalue weighted by atomic mass is 16.5. The third-order valence-electron chi connectivity index (χ3n) is 5.63. The molecule has 0 saturated heterocycles. The fourth-order valence-corrected chi connectivity index (χ4v) is 4.05. The highest BCUT2D eigenvalue weighted by Gasteiger charge is 2.21. The van der Waals surface area contributed by atoms with E-state index in [1.54, 1.807) is 6.07 Å². The van der Waals surface area contributed by atoms with Gasteiger partial charge in [0.25, 0.3) is 0 Å². The van der Waals surface area contributed by atoms with E-state index >= 15 is 0 Å². The number of aryl methyl sites for hydroxylation is 1. The molecule has 1 heterocycles. The van der Waals surface area contributed by atoms with Crippen LogP contribution in [-0.4, -0.2) is 11.6 Å². The lowest BCUT2D eigenvalue weighted by Crippen LogP contribution is -2.04. The van der Waals surface area contributed by atoms with Gasteiger partial charge in [0.05, 0.1) is 18.2 Å². The van der Waals surface area contributed by atoms with Gasteiger partial charge in [-0.1, -0.05) is 54.6 Å². The van der Waals surface area contributed by atoms with E-state index in [0.717, 1.165) is 27.9 Å². The average molecular weight is 461 g/mol. The summed E-state index contributed by atoms with van der Waals surface area (Å²) in [5.41, 5.74) is 11.8. The fraction of sp³-hybridized carbons (Fsp3) is 0.138. The molecule has 3 aromatic carbocycles. The van der Waals surface area contributed by atoms with Gasteiger partial charge in [0, 0.05) is 22.4 Å². The summed E-state index contributed by atoms with van der Waals surface area (Å²) < 4.78 is 12.0. The largest absolute Gasteiger partial charge is 0.490 e. The maximum atomic E-state index is 9.96. The second-order valence-electron chi connectivity index (χ2n) is 7.84. The van der Waals surface area contributed by atoms with Gasteiger partial charge in [-0.25, -0.2) is 4.98 Å². The molecule has 2 N–H and O–H groups in total. The highest BCUT2D eigenvalue weighted by molar-refractivity contribution is 5.91. The summed E-state index contributed by atoms with van der Waals surface area (Å²) in [5.74, 6) is 1.27. The summed E-state index contributed by atoms with van der Waals surface area (Å²) in [6.45, 7) is 4.44. The second-order valence-corrected chi connectivity index (χ2v) is 7.84. The molecule has 1 aromatic heterocycles. The summed E-state index contributed by atoms with van der Waals surface area (Å²) in [5, 5.41) is 19.3. The predicted molar refractivity (Wildman–Crippen MR) is 136 cm³/mol. The van der Waals surface area contributed by atoms with Gasteiger partial charge in [-0.15, -0.1) is 0 Å². The van der Waals surface area contributed by atoms with E-state index in [1.165, 1.54) is 0 Å². The zero-order valence-electron chi connectivity index (χ0n) is 19.6. The Morgan fingerprint density at radius 1 is 0.829 bits per heavy atom. The molecule has 0 aliphatic carbocycles. The van der Waals surface area contributed by atoms with Crippen LogP contribution in [0.5, 0.6) is 11.5 Å². The number of aromatic nitrogens is 1. The van der Waals surface area contributed by atoms with Crippen LogP contribution in [0.3, 0.4) is 0 Å². The molecule has 0 aliphatic heterocycles. The van der Waals surface area contributed by atoms with E-state index in [2.05, 4.69) is 17.1 Å². The van der Waals surface area contributed by atoms with Crippen LogP contribution < -0.4 is 15.2 Å². The molecule has 172 valence electrons. The van der Waals surface area contributed by atoms with Crippen LogP contribution in [0, 0.1) is 29.6 Å². The molecule has 0 unspecified atom stereocenters. The molecule has 0 atom stereocenters. The van der Waals surface area contributed by atoms with E-state index in [0.29, 0.717) is 34.8 Å². The van der Waals surface area contributed by atoms with E-state index in [4.69, 9.17) is 15.2 Å². The van der Waals surface area contributed by atoms with Gasteiger partial charge in [0.2, 0.25) is 0 Å². The summed E-state index contributed by atoms with van der Waals surface area (Å²) in [4.78, 5) is 4.44. The molecule has 0 spiro atoms. The molecule has 6 nitrogen and oxygen atoms in total. The molecule has 35 heavy (non-hydrogen) atoms. The summed E-state index contributed by atoms with van der Waals surface area (Å²) >= 11 is 0. The number of benzene rings is 3. The first-order chi connectivity index (χ1) is 17.1. The number of nitrogens with zero attached hydrogens (tertiary/aromatic N) is 3. The molecule has 6 heteroatoms. The maximum absolute atomic E-state index is 9.96. The van der Waals surface area contributed by atoms with Gasteiger partial charge in [-0.2, -0.15) is 10.5 Å². The number of hydrogen-bond acceptors (Lipinski definition) is 6. The Morgan fingerprint density at radius 2 is 1.57 bits per heavy atom. The standard InChI is InChI=1S/C29H24N4O2/c1-3-34-26-15-21(13-14-25(26)35-18-23-12-8-7-11-22(23)16-30)28-24(17-31)29(32)33-19(2)27(28)20-9-5-4-6-10-20/h4-15H,3,18H2,1-2H3,(H2,32,33). The number of pyridine rings is 1. The number of hydrogen-bond donors (Lipinski definition) is 1. The van der Waals surface area contributed by atoms with Crippen molar-refractivity contribution in [2.24, 2.45) is 0 Å². The SMILES string of the molecule is CCOc1cc(-c2c(C#N)c(N)nc(C)c2-c2ccccc2)ccc1OCc1ccccc1C#N. The van der Waals surface area contributed by atoms with Crippen LogP contribution in [0.2, 0.25) is 0 Å². The number of anilines is 1. The van der Waals surface area contributed by atoms with E-state index < -0.39 is 0 Å². The normalized spacial score (nSPS) is 10.3. The van der Waals surface area contributed by atoms with Gasteiger partial charge < -0.3 is 15.2 Å². The third-order valence-corrected chi connectivity index (χ3v) is 5.63. The number of rotatable bonds is 7. The minimum atomic E-state index is 0.186. The molecular formula is C29H24N4O2. The Kier molecular flexibility index (Phi) is 6.95.